The van der Waals surface area contributed by atoms with Crippen LogP contribution in [-0.2, 0) is 14.8 Å². The zero-order chi connectivity index (χ0) is 17.6. The van der Waals surface area contributed by atoms with E-state index in [1.165, 1.54) is 18.1 Å². The Bertz CT molecular complexity index is 777. The average Bonchev–Trinajstić information content (AvgIpc) is 3.01. The first-order valence-electron chi connectivity index (χ1n) is 7.15. The lowest BCUT2D eigenvalue weighted by Gasteiger charge is -2.22. The van der Waals surface area contributed by atoms with Crippen molar-refractivity contribution < 1.29 is 13.2 Å². The number of amides is 1. The minimum absolute atomic E-state index is 0.255. The van der Waals surface area contributed by atoms with Gasteiger partial charge in [0.1, 0.15) is 12.9 Å². The number of hydrogen-bond acceptors (Lipinski definition) is 6. The van der Waals surface area contributed by atoms with Crippen LogP contribution >= 0.6 is 11.8 Å². The van der Waals surface area contributed by atoms with E-state index in [0.717, 1.165) is 16.1 Å². The van der Waals surface area contributed by atoms with E-state index in [4.69, 9.17) is 0 Å². The molecular weight excluding hydrogens is 350 g/mol. The maximum atomic E-state index is 12.1. The standard InChI is InChI=1S/C14H19N5O3S2/c1-11-4-3-5-12(8-11)19(24(2,21)22)9-13(20)15-6-7-23-14-16-10-17-18-14/h3-5,8,10H,6-7,9H2,1-2H3,(H,15,20)(H,16,17,18). The van der Waals surface area contributed by atoms with Crippen molar-refractivity contribution in [1.29, 1.82) is 0 Å². The summed E-state index contributed by atoms with van der Waals surface area (Å²) < 4.78 is 25.1. The molecule has 1 amide bonds. The number of hydrogen-bond donors (Lipinski definition) is 2. The van der Waals surface area contributed by atoms with Gasteiger partial charge in [-0.3, -0.25) is 14.2 Å². The second kappa shape index (κ2) is 8.15. The smallest absolute Gasteiger partial charge is 0.240 e. The number of aromatic amines is 1. The molecule has 0 aliphatic rings. The van der Waals surface area contributed by atoms with Crippen molar-refractivity contribution in [2.24, 2.45) is 0 Å². The zero-order valence-corrected chi connectivity index (χ0v) is 15.0. The van der Waals surface area contributed by atoms with Crippen LogP contribution in [0.15, 0.2) is 35.7 Å². The normalized spacial score (nSPS) is 11.2. The summed E-state index contributed by atoms with van der Waals surface area (Å²) in [7, 11) is -3.55. The van der Waals surface area contributed by atoms with Gasteiger partial charge in [-0.2, -0.15) is 5.10 Å². The molecule has 0 saturated heterocycles. The summed E-state index contributed by atoms with van der Waals surface area (Å²) in [6.45, 7) is 2.01. The van der Waals surface area contributed by atoms with Gasteiger partial charge in [0.2, 0.25) is 15.9 Å². The Morgan fingerprint density at radius 3 is 2.83 bits per heavy atom. The van der Waals surface area contributed by atoms with Crippen molar-refractivity contribution in [3.8, 4) is 0 Å². The molecule has 0 fully saturated rings. The molecular formula is C14H19N5O3S2. The molecule has 2 rings (SSSR count). The maximum Gasteiger partial charge on any atom is 0.240 e. The Balaban J connectivity index is 1.90. The number of carbonyl (C=O) groups excluding carboxylic acids is 1. The third-order valence-electron chi connectivity index (χ3n) is 3.03. The van der Waals surface area contributed by atoms with E-state index in [2.05, 4.69) is 20.5 Å². The molecule has 1 aromatic heterocycles. The third kappa shape index (κ3) is 5.53. The second-order valence-corrected chi connectivity index (χ2v) is 8.09. The zero-order valence-electron chi connectivity index (χ0n) is 13.4. The Labute approximate surface area is 145 Å². The van der Waals surface area contributed by atoms with Crippen LogP contribution in [0.1, 0.15) is 5.56 Å². The van der Waals surface area contributed by atoms with Gasteiger partial charge in [-0.05, 0) is 24.6 Å². The van der Waals surface area contributed by atoms with Crippen LogP contribution < -0.4 is 9.62 Å². The monoisotopic (exact) mass is 369 g/mol. The summed E-state index contributed by atoms with van der Waals surface area (Å²) in [5, 5.41) is 9.80. The van der Waals surface area contributed by atoms with Gasteiger partial charge in [-0.1, -0.05) is 23.9 Å². The van der Waals surface area contributed by atoms with Crippen LogP contribution in [0, 0.1) is 6.92 Å². The molecule has 8 nitrogen and oxygen atoms in total. The molecule has 2 aromatic rings. The Morgan fingerprint density at radius 1 is 1.42 bits per heavy atom. The van der Waals surface area contributed by atoms with Crippen molar-refractivity contribution in [2.75, 3.05) is 29.4 Å². The fourth-order valence-corrected chi connectivity index (χ4v) is 3.46. The van der Waals surface area contributed by atoms with E-state index in [1.54, 1.807) is 18.2 Å². The highest BCUT2D eigenvalue weighted by Crippen LogP contribution is 2.18. The quantitative estimate of drug-likeness (QED) is 0.526. The molecule has 0 unspecified atom stereocenters. The number of thioether (sulfide) groups is 1. The van der Waals surface area contributed by atoms with Crippen molar-refractivity contribution in [2.45, 2.75) is 12.1 Å². The molecule has 130 valence electrons. The summed E-state index contributed by atoms with van der Waals surface area (Å²) >= 11 is 1.42. The number of anilines is 1. The molecule has 0 aliphatic carbocycles. The van der Waals surface area contributed by atoms with Crippen molar-refractivity contribution in [1.82, 2.24) is 20.5 Å². The van der Waals surface area contributed by atoms with Gasteiger partial charge in [0.05, 0.1) is 11.9 Å². The summed E-state index contributed by atoms with van der Waals surface area (Å²) in [6, 6.07) is 7.02. The summed E-state index contributed by atoms with van der Waals surface area (Å²) in [4.78, 5) is 16.0. The highest BCUT2D eigenvalue weighted by molar-refractivity contribution is 7.99. The van der Waals surface area contributed by atoms with Crippen LogP contribution in [0.2, 0.25) is 0 Å². The van der Waals surface area contributed by atoms with Gasteiger partial charge in [-0.25, -0.2) is 13.4 Å². The minimum Gasteiger partial charge on any atom is -0.354 e. The van der Waals surface area contributed by atoms with E-state index in [-0.39, 0.29) is 12.5 Å². The molecule has 0 atom stereocenters. The van der Waals surface area contributed by atoms with Crippen LogP contribution in [0.5, 0.6) is 0 Å². The number of H-pyrrole nitrogens is 1. The minimum atomic E-state index is -3.55. The second-order valence-electron chi connectivity index (χ2n) is 5.10. The molecule has 1 aromatic carbocycles. The summed E-state index contributed by atoms with van der Waals surface area (Å²) in [6.07, 6.45) is 2.50. The van der Waals surface area contributed by atoms with Crippen LogP contribution in [0.25, 0.3) is 0 Å². The fraction of sp³-hybridized carbons (Fsp3) is 0.357. The largest absolute Gasteiger partial charge is 0.354 e. The van der Waals surface area contributed by atoms with Crippen molar-refractivity contribution in [3.05, 3.63) is 36.2 Å². The van der Waals surface area contributed by atoms with E-state index < -0.39 is 10.0 Å². The predicted molar refractivity (Wildman–Crippen MR) is 93.5 cm³/mol. The molecule has 1 heterocycles. The van der Waals surface area contributed by atoms with Gasteiger partial charge in [-0.15, -0.1) is 0 Å². The van der Waals surface area contributed by atoms with Gasteiger partial charge in [0, 0.05) is 12.3 Å². The molecule has 0 aliphatic heterocycles. The van der Waals surface area contributed by atoms with Crippen LogP contribution in [0.3, 0.4) is 0 Å². The highest BCUT2D eigenvalue weighted by atomic mass is 32.2. The number of benzene rings is 1. The lowest BCUT2D eigenvalue weighted by Crippen LogP contribution is -2.41. The molecule has 0 saturated carbocycles. The SMILES string of the molecule is Cc1cccc(N(CC(=O)NCCSc2ncn[nH]2)S(C)(=O)=O)c1. The molecule has 2 N–H and O–H groups in total. The Kier molecular flexibility index (Phi) is 6.21. The number of nitrogens with zero attached hydrogens (tertiary/aromatic N) is 3. The fourth-order valence-electron chi connectivity index (χ4n) is 1.97. The van der Waals surface area contributed by atoms with Crippen molar-refractivity contribution in [3.63, 3.8) is 0 Å². The molecule has 10 heteroatoms. The number of nitrogens with one attached hydrogen (secondary N) is 2. The lowest BCUT2D eigenvalue weighted by atomic mass is 10.2. The highest BCUT2D eigenvalue weighted by Gasteiger charge is 2.20. The number of rotatable bonds is 8. The Hall–Kier alpha value is -2.07. The molecule has 0 radical (unpaired) electrons. The first-order valence-corrected chi connectivity index (χ1v) is 9.99. The molecule has 0 bridgehead atoms. The van der Waals surface area contributed by atoms with E-state index in [0.29, 0.717) is 23.1 Å². The van der Waals surface area contributed by atoms with Gasteiger partial charge < -0.3 is 5.32 Å². The topological polar surface area (TPSA) is 108 Å². The van der Waals surface area contributed by atoms with E-state index in [1.807, 2.05) is 13.0 Å². The Morgan fingerprint density at radius 2 is 2.21 bits per heavy atom. The van der Waals surface area contributed by atoms with E-state index >= 15 is 0 Å². The summed E-state index contributed by atoms with van der Waals surface area (Å²) in [5.41, 5.74) is 1.40. The third-order valence-corrected chi connectivity index (χ3v) is 5.05. The van der Waals surface area contributed by atoms with Crippen LogP contribution in [-0.4, -0.2) is 54.6 Å². The summed E-state index contributed by atoms with van der Waals surface area (Å²) in [5.74, 6) is 0.240. The molecule has 24 heavy (non-hydrogen) atoms. The first-order chi connectivity index (χ1) is 11.4. The predicted octanol–water partition coefficient (Wildman–Crippen LogP) is 0.788. The molecule has 0 spiro atoms. The number of aromatic nitrogens is 3. The average molecular weight is 369 g/mol. The number of sulfonamides is 1. The number of aryl methyl sites for hydroxylation is 1. The van der Waals surface area contributed by atoms with Crippen molar-refractivity contribution >= 4 is 33.4 Å². The van der Waals surface area contributed by atoms with Gasteiger partial charge in [0.25, 0.3) is 0 Å². The van der Waals surface area contributed by atoms with Crippen LogP contribution in [0.4, 0.5) is 5.69 Å². The van der Waals surface area contributed by atoms with E-state index in [9.17, 15) is 13.2 Å². The van der Waals surface area contributed by atoms with Gasteiger partial charge >= 0.3 is 0 Å². The van der Waals surface area contributed by atoms with Gasteiger partial charge in [0.15, 0.2) is 5.16 Å². The lowest BCUT2D eigenvalue weighted by molar-refractivity contribution is -0.119. The first kappa shape index (κ1) is 18.3. The maximum absolute atomic E-state index is 12.1. The number of carbonyl (C=O) groups is 1.